The molecular weight excluding hydrogens is 402 g/mol. The first-order chi connectivity index (χ1) is 15.2. The van der Waals surface area contributed by atoms with Crippen LogP contribution in [0.4, 0.5) is 0 Å². The molecule has 0 aliphatic heterocycles. The zero-order chi connectivity index (χ0) is 21.9. The molecule has 0 saturated carbocycles. The molecule has 0 radical (unpaired) electrons. The van der Waals surface area contributed by atoms with Gasteiger partial charge < -0.3 is 9.64 Å². The smallest absolute Gasteiger partial charge is 0.119 e. The fraction of sp³-hybridized carbons (Fsp3) is 0.286. The van der Waals surface area contributed by atoms with Gasteiger partial charge in [0.25, 0.3) is 0 Å². The zero-order valence-electron chi connectivity index (χ0n) is 18.5. The molecule has 0 N–H and O–H groups in total. The van der Waals surface area contributed by atoms with Crippen LogP contribution in [0.3, 0.4) is 0 Å². The predicted molar refractivity (Wildman–Crippen MR) is 133 cm³/mol. The van der Waals surface area contributed by atoms with Crippen molar-refractivity contribution in [3.05, 3.63) is 108 Å². The average molecular weight is 434 g/mol. The Kier molecular flexibility index (Phi) is 9.20. The Bertz CT molecular complexity index is 918. The van der Waals surface area contributed by atoms with E-state index >= 15 is 0 Å². The Hall–Kier alpha value is -2.55. The van der Waals surface area contributed by atoms with Gasteiger partial charge in [-0.1, -0.05) is 92.7 Å². The van der Waals surface area contributed by atoms with Crippen LogP contribution in [-0.4, -0.2) is 31.1 Å². The Morgan fingerprint density at radius 3 is 2.10 bits per heavy atom. The van der Waals surface area contributed by atoms with Gasteiger partial charge in [0.05, 0.1) is 5.38 Å². The molecule has 0 saturated heterocycles. The lowest BCUT2D eigenvalue weighted by atomic mass is 9.96. The molecule has 0 aliphatic rings. The van der Waals surface area contributed by atoms with Crippen molar-refractivity contribution < 1.29 is 4.74 Å². The van der Waals surface area contributed by atoms with E-state index in [4.69, 9.17) is 16.3 Å². The number of alkyl halides is 1. The fourth-order valence-electron chi connectivity index (χ4n) is 3.58. The number of nitrogens with zero attached hydrogens (tertiary/aromatic N) is 1. The van der Waals surface area contributed by atoms with Gasteiger partial charge in [-0.2, -0.15) is 0 Å². The van der Waals surface area contributed by atoms with Gasteiger partial charge in [-0.05, 0) is 53.9 Å². The average Bonchev–Trinajstić information content (AvgIpc) is 2.83. The Labute approximate surface area is 192 Å². The van der Waals surface area contributed by atoms with Crippen molar-refractivity contribution >= 4 is 17.2 Å². The van der Waals surface area contributed by atoms with E-state index in [1.807, 2.05) is 24.3 Å². The second-order valence-electron chi connectivity index (χ2n) is 7.57. The van der Waals surface area contributed by atoms with E-state index in [0.29, 0.717) is 6.61 Å². The van der Waals surface area contributed by atoms with Crippen molar-refractivity contribution in [1.29, 1.82) is 0 Å². The third kappa shape index (κ3) is 7.27. The first-order valence-electron chi connectivity index (χ1n) is 11.1. The van der Waals surface area contributed by atoms with Gasteiger partial charge >= 0.3 is 0 Å². The topological polar surface area (TPSA) is 12.5 Å². The number of allylic oxidation sites excluding steroid dienone is 2. The molecule has 1 atom stereocenters. The molecule has 3 aromatic carbocycles. The second-order valence-corrected chi connectivity index (χ2v) is 8.04. The summed E-state index contributed by atoms with van der Waals surface area (Å²) in [6.45, 7) is 8.08. The summed E-state index contributed by atoms with van der Waals surface area (Å²) >= 11 is 6.83. The highest BCUT2D eigenvalue weighted by atomic mass is 35.5. The minimum absolute atomic E-state index is 0.205. The van der Waals surface area contributed by atoms with Gasteiger partial charge in [0.1, 0.15) is 12.4 Å². The number of benzene rings is 3. The molecule has 162 valence electrons. The Balaban J connectivity index is 1.70. The number of hydrogen-bond donors (Lipinski definition) is 0. The molecule has 3 aromatic rings. The third-order valence-electron chi connectivity index (χ3n) is 5.50. The molecule has 31 heavy (non-hydrogen) atoms. The van der Waals surface area contributed by atoms with E-state index in [0.717, 1.165) is 37.4 Å². The summed E-state index contributed by atoms with van der Waals surface area (Å²) in [6, 6.07) is 29.1. The van der Waals surface area contributed by atoms with Crippen molar-refractivity contribution in [2.75, 3.05) is 26.2 Å². The maximum absolute atomic E-state index is 6.83. The summed E-state index contributed by atoms with van der Waals surface area (Å²) in [5.41, 5.74) is 4.78. The van der Waals surface area contributed by atoms with Gasteiger partial charge in [-0.25, -0.2) is 0 Å². The van der Waals surface area contributed by atoms with Crippen molar-refractivity contribution in [3.63, 3.8) is 0 Å². The van der Waals surface area contributed by atoms with E-state index in [-0.39, 0.29) is 5.38 Å². The summed E-state index contributed by atoms with van der Waals surface area (Å²) in [7, 11) is 0. The molecule has 1 unspecified atom stereocenters. The van der Waals surface area contributed by atoms with Gasteiger partial charge in [0.2, 0.25) is 0 Å². The Morgan fingerprint density at radius 2 is 1.48 bits per heavy atom. The fourth-order valence-corrected chi connectivity index (χ4v) is 3.88. The monoisotopic (exact) mass is 433 g/mol. The van der Waals surface area contributed by atoms with Crippen LogP contribution in [0, 0.1) is 0 Å². The van der Waals surface area contributed by atoms with Crippen LogP contribution in [0.5, 0.6) is 5.75 Å². The second kappa shape index (κ2) is 12.3. The van der Waals surface area contributed by atoms with Crippen LogP contribution >= 0.6 is 11.6 Å². The molecule has 3 rings (SSSR count). The van der Waals surface area contributed by atoms with E-state index < -0.39 is 0 Å². The standard InChI is InChI=1S/C28H32ClNO/c1-3-30(4-2)19-20-31-27-17-15-25(16-18-27)28(29)22-26(24-13-9-6-10-14-24)21-23-11-7-5-8-12-23/h5-18,22,28H,3-4,19-21H2,1-2H3. The van der Waals surface area contributed by atoms with Crippen molar-refractivity contribution in [2.45, 2.75) is 25.6 Å². The lowest BCUT2D eigenvalue weighted by Crippen LogP contribution is -2.27. The summed E-state index contributed by atoms with van der Waals surface area (Å²) in [6.07, 6.45) is 3.01. The number of rotatable bonds is 11. The van der Waals surface area contributed by atoms with Gasteiger partial charge in [-0.15, -0.1) is 11.6 Å². The minimum atomic E-state index is -0.205. The molecule has 0 fully saturated rings. The van der Waals surface area contributed by atoms with Crippen LogP contribution in [0.25, 0.3) is 5.57 Å². The summed E-state index contributed by atoms with van der Waals surface area (Å²) in [5.74, 6) is 0.885. The quantitative estimate of drug-likeness (QED) is 0.301. The maximum Gasteiger partial charge on any atom is 0.119 e. The molecule has 3 heteroatoms. The molecule has 0 heterocycles. The van der Waals surface area contributed by atoms with Crippen molar-refractivity contribution in [2.24, 2.45) is 0 Å². The highest BCUT2D eigenvalue weighted by molar-refractivity contribution is 6.22. The Morgan fingerprint density at radius 1 is 0.871 bits per heavy atom. The van der Waals surface area contributed by atoms with Crippen LogP contribution in [0.15, 0.2) is 91.0 Å². The molecule has 2 nitrogen and oxygen atoms in total. The first-order valence-corrected chi connectivity index (χ1v) is 11.5. The van der Waals surface area contributed by atoms with Crippen LogP contribution in [0.1, 0.15) is 35.9 Å². The third-order valence-corrected chi connectivity index (χ3v) is 5.88. The van der Waals surface area contributed by atoms with Crippen molar-refractivity contribution in [1.82, 2.24) is 4.90 Å². The molecule has 0 amide bonds. The van der Waals surface area contributed by atoms with Crippen LogP contribution in [-0.2, 0) is 6.42 Å². The number of hydrogen-bond acceptors (Lipinski definition) is 2. The number of halogens is 1. The number of likely N-dealkylation sites (N-methyl/N-ethyl adjacent to an activating group) is 1. The molecule has 0 bridgehead atoms. The lowest BCUT2D eigenvalue weighted by molar-refractivity contribution is 0.223. The van der Waals surface area contributed by atoms with E-state index in [1.165, 1.54) is 16.7 Å². The summed E-state index contributed by atoms with van der Waals surface area (Å²) < 4.78 is 5.90. The number of ether oxygens (including phenoxy) is 1. The zero-order valence-corrected chi connectivity index (χ0v) is 19.3. The maximum atomic E-state index is 6.83. The van der Waals surface area contributed by atoms with Gasteiger partial charge in [0.15, 0.2) is 0 Å². The summed E-state index contributed by atoms with van der Waals surface area (Å²) in [5, 5.41) is -0.205. The molecule has 0 spiro atoms. The SMILES string of the molecule is CCN(CC)CCOc1ccc(C(Cl)C=C(Cc2ccccc2)c2ccccc2)cc1. The molecule has 0 aromatic heterocycles. The van der Waals surface area contributed by atoms with E-state index in [1.54, 1.807) is 0 Å². The normalized spacial score (nSPS) is 12.7. The van der Waals surface area contributed by atoms with Crippen LogP contribution in [0.2, 0.25) is 0 Å². The summed E-state index contributed by atoms with van der Waals surface area (Å²) in [4.78, 5) is 2.35. The molecular formula is C28H32ClNO. The van der Waals surface area contributed by atoms with E-state index in [2.05, 4.69) is 85.5 Å². The van der Waals surface area contributed by atoms with Crippen LogP contribution < -0.4 is 4.74 Å². The first kappa shape index (κ1) is 23.1. The van der Waals surface area contributed by atoms with Crippen molar-refractivity contribution in [3.8, 4) is 5.75 Å². The predicted octanol–water partition coefficient (Wildman–Crippen LogP) is 7.01. The minimum Gasteiger partial charge on any atom is -0.492 e. The highest BCUT2D eigenvalue weighted by Crippen LogP contribution is 2.30. The molecule has 0 aliphatic carbocycles. The van der Waals surface area contributed by atoms with Gasteiger partial charge in [-0.3, -0.25) is 0 Å². The van der Waals surface area contributed by atoms with E-state index in [9.17, 15) is 0 Å². The lowest BCUT2D eigenvalue weighted by Gasteiger charge is -2.18. The largest absolute Gasteiger partial charge is 0.492 e. The van der Waals surface area contributed by atoms with Gasteiger partial charge in [0, 0.05) is 6.54 Å². The highest BCUT2D eigenvalue weighted by Gasteiger charge is 2.10.